The van der Waals surface area contributed by atoms with E-state index in [-0.39, 0.29) is 5.56 Å². The summed E-state index contributed by atoms with van der Waals surface area (Å²) < 4.78 is 0. The maximum atomic E-state index is 11.3. The topological polar surface area (TPSA) is 45.2 Å². The van der Waals surface area contributed by atoms with Crippen LogP contribution in [-0.4, -0.2) is 11.7 Å². The van der Waals surface area contributed by atoms with Crippen LogP contribution in [0.15, 0.2) is 15.9 Å². The first-order valence-corrected chi connectivity index (χ1v) is 3.77. The second kappa shape index (κ2) is 3.34. The molecule has 1 aromatic heterocycles. The minimum Gasteiger partial charge on any atom is -0.326 e. The second-order valence-corrected chi connectivity index (χ2v) is 2.82. The summed E-state index contributed by atoms with van der Waals surface area (Å²) >= 11 is 0. The maximum Gasteiger partial charge on any atom is 0.253 e. The number of aromatic nitrogens is 1. The van der Waals surface area contributed by atoms with Crippen LogP contribution < -0.4 is 5.56 Å². The van der Waals surface area contributed by atoms with Gasteiger partial charge in [0.05, 0.1) is 6.54 Å². The van der Waals surface area contributed by atoms with Crippen molar-refractivity contribution in [2.24, 2.45) is 4.99 Å². The van der Waals surface area contributed by atoms with E-state index in [1.54, 1.807) is 0 Å². The van der Waals surface area contributed by atoms with E-state index in [0.29, 0.717) is 12.1 Å². The Kier molecular flexibility index (Phi) is 2.43. The molecule has 0 fully saturated rings. The van der Waals surface area contributed by atoms with Crippen LogP contribution in [0.1, 0.15) is 16.8 Å². The average molecular weight is 164 g/mol. The molecule has 3 nitrogen and oxygen atoms in total. The van der Waals surface area contributed by atoms with Crippen LogP contribution in [0.5, 0.6) is 0 Å². The molecule has 0 amide bonds. The fraction of sp³-hybridized carbons (Fsp3) is 0.333. The molecule has 0 saturated carbocycles. The highest BCUT2D eigenvalue weighted by Gasteiger charge is 2.02. The number of aromatic amines is 1. The number of hydrogen-bond donors (Lipinski definition) is 1. The van der Waals surface area contributed by atoms with Gasteiger partial charge in [-0.1, -0.05) is 0 Å². The Morgan fingerprint density at radius 1 is 1.58 bits per heavy atom. The minimum absolute atomic E-state index is 0.0556. The molecule has 1 heterocycles. The highest BCUT2D eigenvalue weighted by Crippen LogP contribution is 2.03. The molecular formula is C9H12N2O. The summed E-state index contributed by atoms with van der Waals surface area (Å²) in [4.78, 5) is 17.7. The summed E-state index contributed by atoms with van der Waals surface area (Å²) in [7, 11) is 0. The van der Waals surface area contributed by atoms with E-state index < -0.39 is 0 Å². The molecular weight excluding hydrogens is 152 g/mol. The van der Waals surface area contributed by atoms with Gasteiger partial charge in [-0.2, -0.15) is 0 Å². The fourth-order valence-electron chi connectivity index (χ4n) is 1.19. The third-order valence-electron chi connectivity index (χ3n) is 1.76. The Balaban J connectivity index is 3.28. The molecule has 0 aromatic carbocycles. The van der Waals surface area contributed by atoms with Crippen LogP contribution in [0, 0.1) is 13.8 Å². The first kappa shape index (κ1) is 8.71. The summed E-state index contributed by atoms with van der Waals surface area (Å²) in [6, 6.07) is 1.93. The Bertz CT molecular complexity index is 352. The minimum atomic E-state index is -0.0556. The SMILES string of the molecule is C=NCc1c(C)cc(C)[nH]c1=O. The summed E-state index contributed by atoms with van der Waals surface area (Å²) in [5.41, 5.74) is 2.50. The van der Waals surface area contributed by atoms with Gasteiger partial charge in [-0.05, 0) is 32.2 Å². The second-order valence-electron chi connectivity index (χ2n) is 2.82. The number of hydrogen-bond acceptors (Lipinski definition) is 2. The molecule has 1 aromatic rings. The molecule has 0 unspecified atom stereocenters. The number of nitrogens with one attached hydrogen (secondary N) is 1. The van der Waals surface area contributed by atoms with Crippen LogP contribution in [-0.2, 0) is 6.54 Å². The lowest BCUT2D eigenvalue weighted by Crippen LogP contribution is -2.14. The van der Waals surface area contributed by atoms with Crippen molar-refractivity contribution in [1.82, 2.24) is 4.98 Å². The van der Waals surface area contributed by atoms with Crippen molar-refractivity contribution in [3.8, 4) is 0 Å². The lowest BCUT2D eigenvalue weighted by Gasteiger charge is -2.01. The van der Waals surface area contributed by atoms with Gasteiger partial charge >= 0.3 is 0 Å². The van der Waals surface area contributed by atoms with Gasteiger partial charge in [0.15, 0.2) is 0 Å². The quantitative estimate of drug-likeness (QED) is 0.656. The standard InChI is InChI=1S/C9H12N2O/c1-6-4-7(2)11-9(12)8(6)5-10-3/h4H,3,5H2,1-2H3,(H,11,12). The van der Waals surface area contributed by atoms with E-state index in [9.17, 15) is 4.79 Å². The molecule has 0 spiro atoms. The van der Waals surface area contributed by atoms with Crippen LogP contribution in [0.2, 0.25) is 0 Å². The molecule has 0 aliphatic carbocycles. The maximum absolute atomic E-state index is 11.3. The largest absolute Gasteiger partial charge is 0.326 e. The van der Waals surface area contributed by atoms with Crippen LogP contribution in [0.3, 0.4) is 0 Å². The summed E-state index contributed by atoms with van der Waals surface area (Å²) in [6.07, 6.45) is 0. The Labute approximate surface area is 71.2 Å². The molecule has 0 aliphatic rings. The molecule has 0 aliphatic heterocycles. The monoisotopic (exact) mass is 164 g/mol. The molecule has 0 atom stereocenters. The molecule has 12 heavy (non-hydrogen) atoms. The number of aryl methyl sites for hydroxylation is 2. The summed E-state index contributed by atoms with van der Waals surface area (Å²) in [5.74, 6) is 0. The third-order valence-corrected chi connectivity index (χ3v) is 1.76. The van der Waals surface area contributed by atoms with Gasteiger partial charge in [-0.15, -0.1) is 0 Å². The first-order valence-electron chi connectivity index (χ1n) is 3.77. The van der Waals surface area contributed by atoms with Gasteiger partial charge in [-0.25, -0.2) is 0 Å². The zero-order valence-electron chi connectivity index (χ0n) is 7.35. The molecule has 0 saturated heterocycles. The lowest BCUT2D eigenvalue weighted by molar-refractivity contribution is 0.982. The van der Waals surface area contributed by atoms with Crippen molar-refractivity contribution in [1.29, 1.82) is 0 Å². The van der Waals surface area contributed by atoms with Gasteiger partial charge in [0, 0.05) is 11.3 Å². The number of pyridine rings is 1. The number of H-pyrrole nitrogens is 1. The van der Waals surface area contributed by atoms with Crippen molar-refractivity contribution in [3.05, 3.63) is 33.2 Å². The molecule has 64 valence electrons. The normalized spacial score (nSPS) is 9.83. The fourth-order valence-corrected chi connectivity index (χ4v) is 1.19. The predicted octanol–water partition coefficient (Wildman–Crippen LogP) is 1.19. The van der Waals surface area contributed by atoms with Crippen LogP contribution >= 0.6 is 0 Å². The highest BCUT2D eigenvalue weighted by atomic mass is 16.1. The van der Waals surface area contributed by atoms with Gasteiger partial charge in [-0.3, -0.25) is 9.79 Å². The molecule has 3 heteroatoms. The van der Waals surface area contributed by atoms with Crippen LogP contribution in [0.25, 0.3) is 0 Å². The van der Waals surface area contributed by atoms with Gasteiger partial charge in [0.25, 0.3) is 5.56 Å². The van der Waals surface area contributed by atoms with E-state index >= 15 is 0 Å². The van der Waals surface area contributed by atoms with E-state index in [0.717, 1.165) is 11.3 Å². The zero-order chi connectivity index (χ0) is 9.14. The van der Waals surface area contributed by atoms with E-state index in [1.165, 1.54) is 0 Å². The van der Waals surface area contributed by atoms with Crippen molar-refractivity contribution >= 4 is 6.72 Å². The van der Waals surface area contributed by atoms with E-state index in [1.807, 2.05) is 19.9 Å². The van der Waals surface area contributed by atoms with Gasteiger partial charge in [0.2, 0.25) is 0 Å². The Hall–Kier alpha value is -1.38. The smallest absolute Gasteiger partial charge is 0.253 e. The molecule has 0 radical (unpaired) electrons. The van der Waals surface area contributed by atoms with Crippen molar-refractivity contribution in [3.63, 3.8) is 0 Å². The van der Waals surface area contributed by atoms with Gasteiger partial charge in [0.1, 0.15) is 0 Å². The molecule has 1 rings (SSSR count). The molecule has 0 bridgehead atoms. The average Bonchev–Trinajstić information content (AvgIpc) is 1.96. The third kappa shape index (κ3) is 1.61. The van der Waals surface area contributed by atoms with Crippen LogP contribution in [0.4, 0.5) is 0 Å². The van der Waals surface area contributed by atoms with Crippen molar-refractivity contribution < 1.29 is 0 Å². The van der Waals surface area contributed by atoms with Gasteiger partial charge < -0.3 is 4.98 Å². The number of aliphatic imine (C=N–C) groups is 1. The van der Waals surface area contributed by atoms with E-state index in [4.69, 9.17) is 0 Å². The molecule has 1 N–H and O–H groups in total. The first-order chi connectivity index (χ1) is 5.65. The van der Waals surface area contributed by atoms with Crippen molar-refractivity contribution in [2.45, 2.75) is 20.4 Å². The summed E-state index contributed by atoms with van der Waals surface area (Å²) in [6.45, 7) is 7.51. The summed E-state index contributed by atoms with van der Waals surface area (Å²) in [5, 5.41) is 0. The lowest BCUT2D eigenvalue weighted by atomic mass is 10.1. The number of rotatable bonds is 2. The van der Waals surface area contributed by atoms with Crippen molar-refractivity contribution in [2.75, 3.05) is 0 Å². The van der Waals surface area contributed by atoms with E-state index in [2.05, 4.69) is 16.7 Å². The number of nitrogens with zero attached hydrogens (tertiary/aromatic N) is 1. The zero-order valence-corrected chi connectivity index (χ0v) is 7.35. The predicted molar refractivity (Wildman–Crippen MR) is 49.8 cm³/mol. The Morgan fingerprint density at radius 3 is 2.75 bits per heavy atom. The highest BCUT2D eigenvalue weighted by molar-refractivity contribution is 5.28. The Morgan fingerprint density at radius 2 is 2.25 bits per heavy atom.